The summed E-state index contributed by atoms with van der Waals surface area (Å²) in [4.78, 5) is 10.4. The van der Waals surface area contributed by atoms with Crippen LogP contribution in [0.25, 0.3) is 0 Å². The number of aliphatic carboxylic acids is 1. The molecule has 0 fully saturated rings. The molecule has 19 heavy (non-hydrogen) atoms. The topological polar surface area (TPSA) is 86.7 Å². The lowest BCUT2D eigenvalue weighted by Gasteiger charge is -2.17. The van der Waals surface area contributed by atoms with Gasteiger partial charge in [-0.1, -0.05) is 17.7 Å². The number of halogens is 2. The van der Waals surface area contributed by atoms with Crippen LogP contribution in [0.3, 0.4) is 0 Å². The summed E-state index contributed by atoms with van der Waals surface area (Å²) in [6.45, 7) is -0.229. The lowest BCUT2D eigenvalue weighted by molar-refractivity contribution is -0.137. The Hall–Kier alpha value is -1.38. The molecule has 0 radical (unpaired) electrons. The van der Waals surface area contributed by atoms with Crippen molar-refractivity contribution >= 4 is 33.5 Å². The van der Waals surface area contributed by atoms with E-state index in [0.29, 0.717) is 0 Å². The fourth-order valence-electron chi connectivity index (χ4n) is 1.17. The smallest absolute Gasteiger partial charge is 0.304 e. The fourth-order valence-corrected chi connectivity index (χ4v) is 2.27. The van der Waals surface area contributed by atoms with Gasteiger partial charge in [-0.15, -0.1) is 0 Å². The second-order valence-electron chi connectivity index (χ2n) is 3.67. The molecular formula is C10H12ClFN2O4S. The van der Waals surface area contributed by atoms with Gasteiger partial charge in [0.15, 0.2) is 5.82 Å². The van der Waals surface area contributed by atoms with E-state index in [2.05, 4.69) is 0 Å². The number of benzene rings is 1. The Labute approximate surface area is 115 Å². The van der Waals surface area contributed by atoms with Crippen molar-refractivity contribution in [3.05, 3.63) is 29.0 Å². The van der Waals surface area contributed by atoms with Crippen molar-refractivity contribution in [1.82, 2.24) is 4.31 Å². The maximum absolute atomic E-state index is 13.5. The van der Waals surface area contributed by atoms with E-state index in [-0.39, 0.29) is 23.7 Å². The monoisotopic (exact) mass is 310 g/mol. The third kappa shape index (κ3) is 4.34. The Morgan fingerprint density at radius 2 is 2.16 bits per heavy atom. The Morgan fingerprint density at radius 3 is 2.74 bits per heavy atom. The Morgan fingerprint density at radius 1 is 1.53 bits per heavy atom. The van der Waals surface area contributed by atoms with E-state index < -0.39 is 22.0 Å². The minimum atomic E-state index is -4.03. The molecule has 0 bridgehead atoms. The third-order valence-corrected chi connectivity index (χ3v) is 4.01. The van der Waals surface area contributed by atoms with E-state index in [9.17, 15) is 17.6 Å². The molecule has 1 aromatic rings. The molecule has 0 unspecified atom stereocenters. The van der Waals surface area contributed by atoms with Crippen LogP contribution in [-0.2, 0) is 15.0 Å². The number of carboxylic acids is 1. The quantitative estimate of drug-likeness (QED) is 0.834. The summed E-state index contributed by atoms with van der Waals surface area (Å²) >= 11 is 5.52. The molecule has 1 aromatic carbocycles. The van der Waals surface area contributed by atoms with Crippen molar-refractivity contribution in [1.29, 1.82) is 0 Å². The van der Waals surface area contributed by atoms with Gasteiger partial charge in [-0.2, -0.15) is 12.7 Å². The molecule has 0 saturated heterocycles. The van der Waals surface area contributed by atoms with Gasteiger partial charge in [0.2, 0.25) is 0 Å². The number of rotatable bonds is 6. The van der Waals surface area contributed by atoms with Crippen LogP contribution >= 0.6 is 11.6 Å². The maximum Gasteiger partial charge on any atom is 0.304 e. The highest BCUT2D eigenvalue weighted by atomic mass is 35.5. The predicted octanol–water partition coefficient (Wildman–Crippen LogP) is 1.54. The van der Waals surface area contributed by atoms with Crippen molar-refractivity contribution < 1.29 is 22.7 Å². The molecule has 1 rings (SSSR count). The number of hydrogen-bond donors (Lipinski definition) is 2. The highest BCUT2D eigenvalue weighted by Crippen LogP contribution is 2.23. The van der Waals surface area contributed by atoms with Crippen LogP contribution in [0.4, 0.5) is 10.1 Å². The first-order chi connectivity index (χ1) is 8.74. The summed E-state index contributed by atoms with van der Waals surface area (Å²) < 4.78 is 39.9. The summed E-state index contributed by atoms with van der Waals surface area (Å²) in [6, 6.07) is 3.88. The Balaban J connectivity index is 2.84. The number of carbonyl (C=O) groups is 1. The van der Waals surface area contributed by atoms with Crippen LogP contribution < -0.4 is 4.72 Å². The molecule has 0 aliphatic heterocycles. The second kappa shape index (κ2) is 6.18. The van der Waals surface area contributed by atoms with Gasteiger partial charge >= 0.3 is 16.2 Å². The van der Waals surface area contributed by atoms with Crippen LogP contribution in [0.1, 0.15) is 6.42 Å². The van der Waals surface area contributed by atoms with Crippen molar-refractivity contribution in [3.8, 4) is 0 Å². The van der Waals surface area contributed by atoms with E-state index in [4.69, 9.17) is 16.7 Å². The van der Waals surface area contributed by atoms with E-state index in [0.717, 1.165) is 4.31 Å². The van der Waals surface area contributed by atoms with Gasteiger partial charge in [0.05, 0.1) is 17.1 Å². The van der Waals surface area contributed by atoms with E-state index in [1.165, 1.54) is 25.2 Å². The number of anilines is 1. The first-order valence-electron chi connectivity index (χ1n) is 5.14. The molecule has 106 valence electrons. The second-order valence-corrected chi connectivity index (χ2v) is 5.86. The fraction of sp³-hybridized carbons (Fsp3) is 0.300. The van der Waals surface area contributed by atoms with Gasteiger partial charge in [-0.25, -0.2) is 4.39 Å². The highest BCUT2D eigenvalue weighted by Gasteiger charge is 2.20. The number of carboxylic acid groups (broad SMARTS) is 1. The number of nitrogens with one attached hydrogen (secondary N) is 1. The summed E-state index contributed by atoms with van der Waals surface area (Å²) in [5.74, 6) is -2.02. The Kier molecular flexibility index (Phi) is 5.10. The molecule has 0 amide bonds. The molecule has 6 nitrogen and oxygen atoms in total. The molecule has 0 atom stereocenters. The zero-order valence-electron chi connectivity index (χ0n) is 9.93. The zero-order chi connectivity index (χ0) is 14.6. The maximum atomic E-state index is 13.5. The summed E-state index contributed by atoms with van der Waals surface area (Å²) in [5, 5.41) is 8.26. The number of hydrogen-bond acceptors (Lipinski definition) is 3. The van der Waals surface area contributed by atoms with Crippen LogP contribution in [0, 0.1) is 5.82 Å². The highest BCUT2D eigenvalue weighted by molar-refractivity contribution is 7.90. The molecule has 0 aromatic heterocycles. The minimum Gasteiger partial charge on any atom is -0.481 e. The molecule has 0 aliphatic carbocycles. The lowest BCUT2D eigenvalue weighted by Crippen LogP contribution is -2.34. The molecular weight excluding hydrogens is 299 g/mol. The van der Waals surface area contributed by atoms with Crippen LogP contribution in [0.15, 0.2) is 18.2 Å². The van der Waals surface area contributed by atoms with Crippen molar-refractivity contribution in [2.75, 3.05) is 18.3 Å². The van der Waals surface area contributed by atoms with Crippen LogP contribution in [0.5, 0.6) is 0 Å². The van der Waals surface area contributed by atoms with Gasteiger partial charge < -0.3 is 5.11 Å². The molecule has 9 heteroatoms. The minimum absolute atomic E-state index is 0.214. The van der Waals surface area contributed by atoms with Crippen molar-refractivity contribution in [2.24, 2.45) is 0 Å². The zero-order valence-corrected chi connectivity index (χ0v) is 11.5. The average Bonchev–Trinajstić information content (AvgIpc) is 2.31. The average molecular weight is 311 g/mol. The number of nitrogens with zero attached hydrogens (tertiary/aromatic N) is 1. The van der Waals surface area contributed by atoms with E-state index >= 15 is 0 Å². The van der Waals surface area contributed by atoms with Crippen molar-refractivity contribution in [3.63, 3.8) is 0 Å². The van der Waals surface area contributed by atoms with E-state index in [1.807, 2.05) is 4.72 Å². The first-order valence-corrected chi connectivity index (χ1v) is 6.95. The standard InChI is InChI=1S/C10H12ClFN2O4S/c1-14(6-5-9(15)16)19(17,18)13-8-4-2-3-7(11)10(8)12/h2-4,13H,5-6H2,1H3,(H,15,16). The van der Waals surface area contributed by atoms with Gasteiger partial charge in [0.25, 0.3) is 0 Å². The van der Waals surface area contributed by atoms with E-state index in [1.54, 1.807) is 0 Å². The van der Waals surface area contributed by atoms with Crippen molar-refractivity contribution in [2.45, 2.75) is 6.42 Å². The summed E-state index contributed by atoms with van der Waals surface area (Å²) in [7, 11) is -2.84. The SMILES string of the molecule is CN(CCC(=O)O)S(=O)(=O)Nc1cccc(Cl)c1F. The first kappa shape index (κ1) is 15.7. The molecule has 0 spiro atoms. The van der Waals surface area contributed by atoms with Gasteiger partial charge in [-0.3, -0.25) is 9.52 Å². The van der Waals surface area contributed by atoms with Crippen LogP contribution in [0.2, 0.25) is 5.02 Å². The largest absolute Gasteiger partial charge is 0.481 e. The summed E-state index contributed by atoms with van der Waals surface area (Å²) in [5.41, 5.74) is -0.297. The molecule has 0 aliphatic rings. The lowest BCUT2D eigenvalue weighted by atomic mass is 10.3. The molecule has 0 saturated carbocycles. The predicted molar refractivity (Wildman–Crippen MR) is 68.8 cm³/mol. The van der Waals surface area contributed by atoms with Crippen LogP contribution in [-0.4, -0.2) is 37.4 Å². The summed E-state index contributed by atoms with van der Waals surface area (Å²) in [6.07, 6.45) is -0.352. The van der Waals surface area contributed by atoms with Gasteiger partial charge in [0, 0.05) is 13.6 Å². The third-order valence-electron chi connectivity index (χ3n) is 2.24. The molecule has 2 N–H and O–H groups in total. The molecule has 0 heterocycles. The normalized spacial score (nSPS) is 11.6. The van der Waals surface area contributed by atoms with Gasteiger partial charge in [-0.05, 0) is 12.1 Å². The Bertz CT molecular complexity index is 579. The van der Waals surface area contributed by atoms with Gasteiger partial charge in [0.1, 0.15) is 0 Å².